The maximum Gasteiger partial charge on any atom is 0.193 e. The molecule has 1 aromatic carbocycles. The van der Waals surface area contributed by atoms with Crippen LogP contribution in [0, 0.1) is 6.92 Å². The van der Waals surface area contributed by atoms with Crippen LogP contribution >= 0.6 is 11.3 Å². The lowest BCUT2D eigenvalue weighted by Gasteiger charge is -2.37. The van der Waals surface area contributed by atoms with Crippen molar-refractivity contribution in [2.24, 2.45) is 4.99 Å². The fraction of sp³-hybridized carbons (Fsp3) is 0.450. The summed E-state index contributed by atoms with van der Waals surface area (Å²) in [6.07, 6.45) is 0.916. The zero-order valence-electron chi connectivity index (χ0n) is 15.9. The number of ether oxygens (including phenoxy) is 1. The first kappa shape index (κ1) is 18.6. The Kier molecular flexibility index (Phi) is 6.39. The fourth-order valence-electron chi connectivity index (χ4n) is 3.33. The van der Waals surface area contributed by atoms with Gasteiger partial charge in [0.1, 0.15) is 5.75 Å². The normalized spacial score (nSPS) is 15.3. The minimum absolute atomic E-state index is 0.845. The highest BCUT2D eigenvalue weighted by Gasteiger charge is 2.20. The first-order valence-electron chi connectivity index (χ1n) is 9.09. The van der Waals surface area contributed by atoms with E-state index in [1.54, 1.807) is 7.11 Å². The van der Waals surface area contributed by atoms with Gasteiger partial charge in [-0.2, -0.15) is 0 Å². The molecule has 6 heteroatoms. The number of nitrogens with zero attached hydrogens (tertiary/aromatic N) is 3. The molecule has 1 N–H and O–H groups in total. The maximum atomic E-state index is 5.47. The summed E-state index contributed by atoms with van der Waals surface area (Å²) in [5.74, 6) is 1.94. The molecule has 140 valence electrons. The van der Waals surface area contributed by atoms with Crippen molar-refractivity contribution in [3.63, 3.8) is 0 Å². The summed E-state index contributed by atoms with van der Waals surface area (Å²) < 4.78 is 5.47. The van der Waals surface area contributed by atoms with Crippen molar-refractivity contribution < 1.29 is 4.74 Å². The van der Waals surface area contributed by atoms with Gasteiger partial charge in [-0.15, -0.1) is 11.3 Å². The average Bonchev–Trinajstić information content (AvgIpc) is 3.20. The summed E-state index contributed by atoms with van der Waals surface area (Å²) in [6.45, 7) is 7.01. The molecule has 1 saturated heterocycles. The quantitative estimate of drug-likeness (QED) is 0.647. The van der Waals surface area contributed by atoms with Crippen LogP contribution in [0.3, 0.4) is 0 Å². The number of piperazine rings is 1. The van der Waals surface area contributed by atoms with Crippen molar-refractivity contribution in [3.8, 4) is 5.75 Å². The Labute approximate surface area is 160 Å². The molecule has 0 unspecified atom stereocenters. The summed E-state index contributed by atoms with van der Waals surface area (Å²) >= 11 is 1.81. The molecule has 0 radical (unpaired) electrons. The van der Waals surface area contributed by atoms with Crippen LogP contribution in [-0.2, 0) is 6.42 Å². The number of methoxy groups -OCH3 is 1. The molecule has 5 nitrogen and oxygen atoms in total. The van der Waals surface area contributed by atoms with Gasteiger partial charge in [0, 0.05) is 39.8 Å². The average molecular weight is 373 g/mol. The smallest absolute Gasteiger partial charge is 0.193 e. The molecule has 3 rings (SSSR count). The third-order valence-corrected chi connectivity index (χ3v) is 5.65. The van der Waals surface area contributed by atoms with E-state index >= 15 is 0 Å². The maximum absolute atomic E-state index is 5.47. The van der Waals surface area contributed by atoms with E-state index in [2.05, 4.69) is 56.7 Å². The van der Waals surface area contributed by atoms with Gasteiger partial charge in [0.25, 0.3) is 0 Å². The highest BCUT2D eigenvalue weighted by Crippen LogP contribution is 2.22. The Bertz CT molecular complexity index is 721. The van der Waals surface area contributed by atoms with Crippen LogP contribution in [0.5, 0.6) is 5.75 Å². The minimum atomic E-state index is 0.845. The molecule has 0 saturated carbocycles. The zero-order valence-corrected chi connectivity index (χ0v) is 16.7. The molecule has 26 heavy (non-hydrogen) atoms. The number of anilines is 1. The van der Waals surface area contributed by atoms with Crippen molar-refractivity contribution >= 4 is 22.3 Å². The van der Waals surface area contributed by atoms with Crippen LogP contribution < -0.4 is 15.0 Å². The van der Waals surface area contributed by atoms with Gasteiger partial charge in [0.2, 0.25) is 0 Å². The van der Waals surface area contributed by atoms with E-state index in [-0.39, 0.29) is 0 Å². The van der Waals surface area contributed by atoms with Crippen molar-refractivity contribution in [2.75, 3.05) is 51.8 Å². The lowest BCUT2D eigenvalue weighted by atomic mass is 10.1. The van der Waals surface area contributed by atoms with E-state index in [0.717, 1.165) is 50.9 Å². The highest BCUT2D eigenvalue weighted by molar-refractivity contribution is 7.14. The first-order valence-corrected chi connectivity index (χ1v) is 9.97. The van der Waals surface area contributed by atoms with Gasteiger partial charge in [0.15, 0.2) is 5.96 Å². The Morgan fingerprint density at radius 3 is 2.69 bits per heavy atom. The fourth-order valence-corrected chi connectivity index (χ4v) is 4.12. The topological polar surface area (TPSA) is 40.1 Å². The number of aliphatic imine (C=N–C) groups is 1. The van der Waals surface area contributed by atoms with Gasteiger partial charge < -0.3 is 19.9 Å². The highest BCUT2D eigenvalue weighted by atomic mass is 32.1. The minimum Gasteiger partial charge on any atom is -0.496 e. The zero-order chi connectivity index (χ0) is 18.4. The second-order valence-corrected chi connectivity index (χ2v) is 7.39. The van der Waals surface area contributed by atoms with Gasteiger partial charge in [-0.05, 0) is 42.5 Å². The predicted octanol–water partition coefficient (Wildman–Crippen LogP) is 3.01. The van der Waals surface area contributed by atoms with E-state index in [1.165, 1.54) is 16.1 Å². The van der Waals surface area contributed by atoms with Crippen molar-refractivity contribution in [1.82, 2.24) is 10.2 Å². The number of aryl methyl sites for hydroxylation is 1. The molecule has 0 atom stereocenters. The third-order valence-electron chi connectivity index (χ3n) is 4.72. The molecule has 1 aromatic heterocycles. The molecule has 1 aliphatic heterocycles. The molecule has 2 heterocycles. The van der Waals surface area contributed by atoms with Gasteiger partial charge in [-0.25, -0.2) is 0 Å². The second kappa shape index (κ2) is 8.94. The Morgan fingerprint density at radius 2 is 2.04 bits per heavy atom. The number of rotatable bonds is 5. The number of hydrogen-bond donors (Lipinski definition) is 1. The molecule has 0 amide bonds. The van der Waals surface area contributed by atoms with Crippen molar-refractivity contribution in [3.05, 3.63) is 46.8 Å². The molecule has 1 fully saturated rings. The van der Waals surface area contributed by atoms with E-state index in [1.807, 2.05) is 24.5 Å². The number of thiophene rings is 1. The van der Waals surface area contributed by atoms with Crippen LogP contribution in [0.2, 0.25) is 0 Å². The lowest BCUT2D eigenvalue weighted by molar-refractivity contribution is 0.373. The SMILES string of the molecule is CN=C(NCCc1cc(C)ccc1OC)N1CCN(c2cccs2)CC1. The molecule has 0 aliphatic carbocycles. The van der Waals surface area contributed by atoms with Crippen LogP contribution in [0.1, 0.15) is 11.1 Å². The van der Waals surface area contributed by atoms with Crippen LogP contribution in [0.15, 0.2) is 40.7 Å². The number of guanidine groups is 1. The van der Waals surface area contributed by atoms with E-state index in [4.69, 9.17) is 4.74 Å². The van der Waals surface area contributed by atoms with Crippen molar-refractivity contribution in [1.29, 1.82) is 0 Å². The van der Waals surface area contributed by atoms with E-state index < -0.39 is 0 Å². The third kappa shape index (κ3) is 4.49. The summed E-state index contributed by atoms with van der Waals surface area (Å²) in [7, 11) is 3.59. The monoisotopic (exact) mass is 372 g/mol. The Morgan fingerprint density at radius 1 is 1.23 bits per heavy atom. The van der Waals surface area contributed by atoms with Crippen LogP contribution in [0.25, 0.3) is 0 Å². The molecule has 1 aliphatic rings. The van der Waals surface area contributed by atoms with Gasteiger partial charge >= 0.3 is 0 Å². The molecule has 0 bridgehead atoms. The predicted molar refractivity (Wildman–Crippen MR) is 111 cm³/mol. The van der Waals surface area contributed by atoms with Gasteiger partial charge in [-0.1, -0.05) is 17.7 Å². The number of nitrogens with one attached hydrogen (secondary N) is 1. The molecule has 2 aromatic rings. The number of benzene rings is 1. The molecule has 0 spiro atoms. The first-order chi connectivity index (χ1) is 12.7. The summed E-state index contributed by atoms with van der Waals surface area (Å²) in [6, 6.07) is 10.6. The van der Waals surface area contributed by atoms with Gasteiger partial charge in [0.05, 0.1) is 12.1 Å². The molecular weight excluding hydrogens is 344 g/mol. The summed E-state index contributed by atoms with van der Waals surface area (Å²) in [4.78, 5) is 9.27. The standard InChI is InChI=1S/C20H28N4OS/c1-16-6-7-18(25-3)17(15-16)8-9-22-20(21-2)24-12-10-23(11-13-24)19-5-4-14-26-19/h4-7,14-15H,8-13H2,1-3H3,(H,21,22). The van der Waals surface area contributed by atoms with Crippen molar-refractivity contribution in [2.45, 2.75) is 13.3 Å². The Hall–Kier alpha value is -2.21. The Balaban J connectivity index is 1.51. The summed E-state index contributed by atoms with van der Waals surface area (Å²) in [5, 5.41) is 7.01. The largest absolute Gasteiger partial charge is 0.496 e. The summed E-state index contributed by atoms with van der Waals surface area (Å²) in [5.41, 5.74) is 2.49. The van der Waals surface area contributed by atoms with E-state index in [9.17, 15) is 0 Å². The van der Waals surface area contributed by atoms with Crippen LogP contribution in [0.4, 0.5) is 5.00 Å². The van der Waals surface area contributed by atoms with Gasteiger partial charge in [-0.3, -0.25) is 4.99 Å². The lowest BCUT2D eigenvalue weighted by Crippen LogP contribution is -2.52. The number of hydrogen-bond acceptors (Lipinski definition) is 4. The van der Waals surface area contributed by atoms with E-state index in [0.29, 0.717) is 0 Å². The second-order valence-electron chi connectivity index (χ2n) is 6.46. The molecular formula is C20H28N4OS. The van der Waals surface area contributed by atoms with Crippen LogP contribution in [-0.4, -0.2) is 57.7 Å².